The SMILES string of the molecule is CCCC(C)NC(=O)CN1CCC(C(=O)O)(C(F)(F)F)C1. The lowest BCUT2D eigenvalue weighted by atomic mass is 9.86. The molecule has 1 rings (SSSR count). The van der Waals surface area contributed by atoms with Crippen molar-refractivity contribution in [1.82, 2.24) is 10.2 Å². The molecule has 0 aromatic carbocycles. The summed E-state index contributed by atoms with van der Waals surface area (Å²) in [6.45, 7) is 2.85. The van der Waals surface area contributed by atoms with E-state index in [2.05, 4.69) is 5.32 Å². The number of aliphatic carboxylic acids is 1. The fourth-order valence-electron chi connectivity index (χ4n) is 2.58. The molecule has 0 spiro atoms. The molecule has 0 aromatic rings. The van der Waals surface area contributed by atoms with E-state index in [1.807, 2.05) is 13.8 Å². The highest BCUT2D eigenvalue weighted by Gasteiger charge is 2.63. The number of hydrogen-bond donors (Lipinski definition) is 2. The topological polar surface area (TPSA) is 69.6 Å². The van der Waals surface area contributed by atoms with Crippen LogP contribution in [-0.2, 0) is 9.59 Å². The Morgan fingerprint density at radius 2 is 2.05 bits per heavy atom. The van der Waals surface area contributed by atoms with E-state index in [0.29, 0.717) is 0 Å². The van der Waals surface area contributed by atoms with Gasteiger partial charge in [0.2, 0.25) is 5.91 Å². The average Bonchev–Trinajstić information content (AvgIpc) is 2.73. The summed E-state index contributed by atoms with van der Waals surface area (Å²) in [6.07, 6.45) is -3.67. The Bertz CT molecular complexity index is 401. The number of likely N-dealkylation sites (tertiary alicyclic amines) is 1. The molecule has 1 amide bonds. The molecular weight excluding hydrogens is 289 g/mol. The number of carbonyl (C=O) groups is 2. The van der Waals surface area contributed by atoms with Crippen LogP contribution in [0.3, 0.4) is 0 Å². The summed E-state index contributed by atoms with van der Waals surface area (Å²) in [5.74, 6) is -2.25. The van der Waals surface area contributed by atoms with Gasteiger partial charge in [-0.15, -0.1) is 0 Å². The van der Waals surface area contributed by atoms with Crippen molar-refractivity contribution in [1.29, 1.82) is 0 Å². The maximum atomic E-state index is 13.0. The third kappa shape index (κ3) is 4.09. The largest absolute Gasteiger partial charge is 0.481 e. The van der Waals surface area contributed by atoms with Crippen LogP contribution < -0.4 is 5.32 Å². The van der Waals surface area contributed by atoms with Crippen molar-refractivity contribution in [2.45, 2.75) is 45.3 Å². The van der Waals surface area contributed by atoms with Crippen molar-refractivity contribution in [3.63, 3.8) is 0 Å². The summed E-state index contributed by atoms with van der Waals surface area (Å²) >= 11 is 0. The third-order valence-corrected chi connectivity index (χ3v) is 3.80. The number of rotatable bonds is 6. The first-order valence-corrected chi connectivity index (χ1v) is 6.94. The van der Waals surface area contributed by atoms with Gasteiger partial charge < -0.3 is 10.4 Å². The molecule has 1 aliphatic rings. The molecule has 0 bridgehead atoms. The van der Waals surface area contributed by atoms with Gasteiger partial charge in [0.05, 0.1) is 6.54 Å². The molecule has 1 heterocycles. The molecule has 2 atom stereocenters. The molecule has 0 saturated carbocycles. The number of nitrogens with one attached hydrogen (secondary N) is 1. The van der Waals surface area contributed by atoms with Gasteiger partial charge in [0.15, 0.2) is 5.41 Å². The highest BCUT2D eigenvalue weighted by molar-refractivity contribution is 5.79. The van der Waals surface area contributed by atoms with Crippen LogP contribution in [0.25, 0.3) is 0 Å². The van der Waals surface area contributed by atoms with Crippen molar-refractivity contribution >= 4 is 11.9 Å². The van der Waals surface area contributed by atoms with Gasteiger partial charge in [0.1, 0.15) is 0 Å². The second-order valence-corrected chi connectivity index (χ2v) is 5.60. The van der Waals surface area contributed by atoms with E-state index in [-0.39, 0.29) is 25.0 Å². The van der Waals surface area contributed by atoms with Gasteiger partial charge in [0, 0.05) is 19.1 Å². The van der Waals surface area contributed by atoms with Gasteiger partial charge in [-0.2, -0.15) is 13.2 Å². The number of nitrogens with zero attached hydrogens (tertiary/aromatic N) is 1. The van der Waals surface area contributed by atoms with E-state index in [4.69, 9.17) is 5.11 Å². The maximum Gasteiger partial charge on any atom is 0.406 e. The van der Waals surface area contributed by atoms with Crippen molar-refractivity contribution in [2.75, 3.05) is 19.6 Å². The zero-order chi connectivity index (χ0) is 16.3. The van der Waals surface area contributed by atoms with E-state index >= 15 is 0 Å². The van der Waals surface area contributed by atoms with Gasteiger partial charge in [-0.25, -0.2) is 0 Å². The predicted molar refractivity (Wildman–Crippen MR) is 69.7 cm³/mol. The first-order chi connectivity index (χ1) is 9.62. The summed E-state index contributed by atoms with van der Waals surface area (Å²) in [6, 6.07) is -0.0445. The van der Waals surface area contributed by atoms with Gasteiger partial charge in [-0.1, -0.05) is 13.3 Å². The minimum Gasteiger partial charge on any atom is -0.481 e. The van der Waals surface area contributed by atoms with Crippen molar-refractivity contribution in [3.8, 4) is 0 Å². The summed E-state index contributed by atoms with van der Waals surface area (Å²) < 4.78 is 38.9. The van der Waals surface area contributed by atoms with Crippen LogP contribution in [0.4, 0.5) is 13.2 Å². The van der Waals surface area contributed by atoms with Crippen LogP contribution in [-0.4, -0.2) is 53.7 Å². The Kier molecular flexibility index (Phi) is 5.61. The first-order valence-electron chi connectivity index (χ1n) is 6.94. The van der Waals surface area contributed by atoms with Crippen LogP contribution in [0, 0.1) is 5.41 Å². The predicted octanol–water partition coefficient (Wildman–Crippen LogP) is 1.63. The standard InChI is InChI=1S/C13H21F3N2O3/c1-3-4-9(2)17-10(19)7-18-6-5-12(8-18,11(20)21)13(14,15)16/h9H,3-8H2,1-2H3,(H,17,19)(H,20,21). The van der Waals surface area contributed by atoms with Gasteiger partial charge in [0.25, 0.3) is 0 Å². The van der Waals surface area contributed by atoms with E-state index < -0.39 is 30.5 Å². The van der Waals surface area contributed by atoms with Gasteiger partial charge in [-0.05, 0) is 19.8 Å². The lowest BCUT2D eigenvalue weighted by Gasteiger charge is -2.27. The average molecular weight is 310 g/mol. The van der Waals surface area contributed by atoms with Crippen LogP contribution >= 0.6 is 0 Å². The molecule has 0 aliphatic carbocycles. The quantitative estimate of drug-likeness (QED) is 0.782. The molecule has 0 aromatic heterocycles. The number of carbonyl (C=O) groups excluding carboxylic acids is 1. The smallest absolute Gasteiger partial charge is 0.406 e. The van der Waals surface area contributed by atoms with Crippen LogP contribution in [0.5, 0.6) is 0 Å². The summed E-state index contributed by atoms with van der Waals surface area (Å²) in [7, 11) is 0. The third-order valence-electron chi connectivity index (χ3n) is 3.80. The van der Waals surface area contributed by atoms with Crippen LogP contribution in [0.15, 0.2) is 0 Å². The van der Waals surface area contributed by atoms with Crippen molar-refractivity contribution < 1.29 is 27.9 Å². The molecule has 2 N–H and O–H groups in total. The number of hydrogen-bond acceptors (Lipinski definition) is 3. The highest BCUT2D eigenvalue weighted by Crippen LogP contribution is 2.45. The van der Waals surface area contributed by atoms with Gasteiger partial charge in [-0.3, -0.25) is 14.5 Å². The Hall–Kier alpha value is -1.31. The lowest BCUT2D eigenvalue weighted by molar-refractivity contribution is -0.227. The molecule has 122 valence electrons. The Morgan fingerprint density at radius 3 is 2.48 bits per heavy atom. The maximum absolute atomic E-state index is 13.0. The summed E-state index contributed by atoms with van der Waals surface area (Å²) in [5.41, 5.74) is -2.76. The molecule has 5 nitrogen and oxygen atoms in total. The summed E-state index contributed by atoms with van der Waals surface area (Å²) in [4.78, 5) is 24.0. The Balaban J connectivity index is 2.61. The Labute approximate surface area is 121 Å². The normalized spacial score (nSPS) is 24.8. The minimum atomic E-state index is -4.82. The van der Waals surface area contributed by atoms with E-state index in [1.165, 1.54) is 4.90 Å². The molecule has 1 saturated heterocycles. The van der Waals surface area contributed by atoms with Crippen LogP contribution in [0.1, 0.15) is 33.1 Å². The van der Waals surface area contributed by atoms with Crippen molar-refractivity contribution in [2.24, 2.45) is 5.41 Å². The monoisotopic (exact) mass is 310 g/mol. The lowest BCUT2D eigenvalue weighted by Crippen LogP contribution is -2.48. The molecule has 8 heteroatoms. The summed E-state index contributed by atoms with van der Waals surface area (Å²) in [5, 5.41) is 11.6. The second-order valence-electron chi connectivity index (χ2n) is 5.60. The zero-order valence-electron chi connectivity index (χ0n) is 12.2. The molecular formula is C13H21F3N2O3. The first kappa shape index (κ1) is 17.7. The number of carboxylic acids is 1. The zero-order valence-corrected chi connectivity index (χ0v) is 12.2. The molecule has 21 heavy (non-hydrogen) atoms. The number of halogens is 3. The second kappa shape index (κ2) is 6.64. The van der Waals surface area contributed by atoms with E-state index in [0.717, 1.165) is 12.8 Å². The van der Waals surface area contributed by atoms with Gasteiger partial charge >= 0.3 is 12.1 Å². The molecule has 1 fully saturated rings. The molecule has 1 aliphatic heterocycles. The fraction of sp³-hybridized carbons (Fsp3) is 0.846. The molecule has 0 radical (unpaired) electrons. The number of alkyl halides is 3. The highest BCUT2D eigenvalue weighted by atomic mass is 19.4. The van der Waals surface area contributed by atoms with Crippen LogP contribution in [0.2, 0.25) is 0 Å². The van der Waals surface area contributed by atoms with E-state index in [9.17, 15) is 22.8 Å². The molecule has 2 unspecified atom stereocenters. The van der Waals surface area contributed by atoms with E-state index in [1.54, 1.807) is 0 Å². The minimum absolute atomic E-state index is 0.0445. The number of amides is 1. The Morgan fingerprint density at radius 1 is 1.43 bits per heavy atom. The van der Waals surface area contributed by atoms with Crippen molar-refractivity contribution in [3.05, 3.63) is 0 Å². The number of carboxylic acid groups (broad SMARTS) is 1. The fourth-order valence-corrected chi connectivity index (χ4v) is 2.58.